The van der Waals surface area contributed by atoms with Gasteiger partial charge in [0.25, 0.3) is 5.69 Å². The maximum absolute atomic E-state index is 10.8. The smallest absolute Gasteiger partial charge is 0.272 e. The number of phenolic OH excluding ortho intramolecular Hbond substituents is 2. The van der Waals surface area contributed by atoms with Gasteiger partial charge in [-0.25, -0.2) is 4.98 Å². The number of hydrogen-bond donors (Lipinski definition) is 2. The molecular formula is C14H10N2O4S. The minimum atomic E-state index is -0.435. The van der Waals surface area contributed by atoms with Crippen LogP contribution in [0.4, 0.5) is 5.69 Å². The Morgan fingerprint density at radius 2 is 1.90 bits per heavy atom. The molecule has 1 aromatic heterocycles. The molecule has 21 heavy (non-hydrogen) atoms. The second-order valence-corrected chi connectivity index (χ2v) is 5.56. The van der Waals surface area contributed by atoms with E-state index in [-0.39, 0.29) is 17.2 Å². The Kier molecular flexibility index (Phi) is 2.99. The van der Waals surface area contributed by atoms with Crippen molar-refractivity contribution in [2.75, 3.05) is 0 Å². The lowest BCUT2D eigenvalue weighted by Gasteiger charge is -1.99. The molecule has 7 heteroatoms. The summed E-state index contributed by atoms with van der Waals surface area (Å²) in [6.45, 7) is 1.66. The molecule has 3 rings (SSSR count). The van der Waals surface area contributed by atoms with Crippen molar-refractivity contribution in [3.05, 3.63) is 46.0 Å². The topological polar surface area (TPSA) is 96.5 Å². The third-order valence-corrected chi connectivity index (χ3v) is 4.27. The summed E-state index contributed by atoms with van der Waals surface area (Å²) in [7, 11) is 0. The molecule has 0 atom stereocenters. The number of nitro benzene ring substituents is 1. The first-order valence-corrected chi connectivity index (χ1v) is 6.86. The van der Waals surface area contributed by atoms with Crippen molar-refractivity contribution in [2.45, 2.75) is 6.92 Å². The zero-order valence-corrected chi connectivity index (χ0v) is 11.7. The molecule has 0 aliphatic heterocycles. The largest absolute Gasteiger partial charge is 0.506 e. The Hall–Kier alpha value is -2.67. The predicted octanol–water partition coefficient (Wildman–Crippen LogP) is 3.59. The van der Waals surface area contributed by atoms with Crippen LogP contribution < -0.4 is 0 Å². The molecule has 0 unspecified atom stereocenters. The summed E-state index contributed by atoms with van der Waals surface area (Å²) in [5.41, 5.74) is 1.61. The first-order chi connectivity index (χ1) is 9.97. The highest BCUT2D eigenvalue weighted by Gasteiger charge is 2.15. The van der Waals surface area contributed by atoms with Crippen LogP contribution in [-0.4, -0.2) is 20.1 Å². The van der Waals surface area contributed by atoms with Crippen molar-refractivity contribution in [1.82, 2.24) is 4.98 Å². The molecule has 1 heterocycles. The van der Waals surface area contributed by atoms with Crippen molar-refractivity contribution >= 4 is 27.2 Å². The maximum atomic E-state index is 10.8. The number of nitrogens with zero attached hydrogens (tertiary/aromatic N) is 2. The summed E-state index contributed by atoms with van der Waals surface area (Å²) in [5, 5.41) is 31.0. The lowest BCUT2D eigenvalue weighted by molar-refractivity contribution is -0.385. The van der Waals surface area contributed by atoms with E-state index in [1.54, 1.807) is 19.1 Å². The van der Waals surface area contributed by atoms with Crippen LogP contribution in [-0.2, 0) is 0 Å². The maximum Gasteiger partial charge on any atom is 0.272 e. The Morgan fingerprint density at radius 1 is 1.19 bits per heavy atom. The number of nitro groups is 1. The van der Waals surface area contributed by atoms with Crippen LogP contribution in [0.5, 0.6) is 11.5 Å². The van der Waals surface area contributed by atoms with Crippen molar-refractivity contribution < 1.29 is 15.1 Å². The molecule has 0 aliphatic carbocycles. The van der Waals surface area contributed by atoms with Gasteiger partial charge in [-0.05, 0) is 31.2 Å². The van der Waals surface area contributed by atoms with Gasteiger partial charge in [-0.15, -0.1) is 11.3 Å². The van der Waals surface area contributed by atoms with Gasteiger partial charge in [0.05, 0.1) is 4.92 Å². The van der Waals surface area contributed by atoms with Crippen LogP contribution in [0.2, 0.25) is 0 Å². The first kappa shape index (κ1) is 13.3. The summed E-state index contributed by atoms with van der Waals surface area (Å²) >= 11 is 1.22. The number of aromatic hydroxyl groups is 2. The van der Waals surface area contributed by atoms with Crippen LogP contribution in [0.15, 0.2) is 30.3 Å². The van der Waals surface area contributed by atoms with E-state index in [1.165, 1.54) is 29.5 Å². The van der Waals surface area contributed by atoms with Crippen molar-refractivity contribution in [1.29, 1.82) is 0 Å². The molecule has 0 aliphatic rings. The van der Waals surface area contributed by atoms with Gasteiger partial charge in [0.2, 0.25) is 0 Å². The van der Waals surface area contributed by atoms with E-state index in [2.05, 4.69) is 4.98 Å². The SMILES string of the molecule is Cc1cc(-c2nc3c(O)ccc(O)c3s2)ccc1[N+](=O)[O-]. The number of fused-ring (bicyclic) bond motifs is 1. The van der Waals surface area contributed by atoms with E-state index in [0.29, 0.717) is 26.4 Å². The highest BCUT2D eigenvalue weighted by molar-refractivity contribution is 7.22. The fourth-order valence-corrected chi connectivity index (χ4v) is 3.09. The monoisotopic (exact) mass is 302 g/mol. The van der Waals surface area contributed by atoms with Gasteiger partial charge in [-0.1, -0.05) is 0 Å². The summed E-state index contributed by atoms with van der Waals surface area (Å²) in [6, 6.07) is 7.49. The molecule has 3 aromatic rings. The van der Waals surface area contributed by atoms with Crippen LogP contribution in [0, 0.1) is 17.0 Å². The number of hydrogen-bond acceptors (Lipinski definition) is 6. The van der Waals surface area contributed by atoms with Crippen LogP contribution in [0.1, 0.15) is 5.56 Å². The lowest BCUT2D eigenvalue weighted by Crippen LogP contribution is -1.91. The van der Waals surface area contributed by atoms with E-state index in [9.17, 15) is 20.3 Å². The van der Waals surface area contributed by atoms with Gasteiger partial charge in [-0.2, -0.15) is 0 Å². The lowest BCUT2D eigenvalue weighted by atomic mass is 10.1. The van der Waals surface area contributed by atoms with E-state index in [1.807, 2.05) is 0 Å². The summed E-state index contributed by atoms with van der Waals surface area (Å²) in [4.78, 5) is 14.7. The number of benzene rings is 2. The minimum Gasteiger partial charge on any atom is -0.506 e. The molecule has 0 bridgehead atoms. The second-order valence-electron chi connectivity index (χ2n) is 4.56. The fourth-order valence-electron chi connectivity index (χ4n) is 2.10. The first-order valence-electron chi connectivity index (χ1n) is 6.04. The average Bonchev–Trinajstić information content (AvgIpc) is 2.89. The summed E-state index contributed by atoms with van der Waals surface area (Å²) in [5.74, 6) is 0.0362. The predicted molar refractivity (Wildman–Crippen MR) is 79.8 cm³/mol. The molecule has 0 amide bonds. The molecule has 0 saturated heterocycles. The van der Waals surface area contributed by atoms with Crippen LogP contribution >= 0.6 is 11.3 Å². The number of rotatable bonds is 2. The van der Waals surface area contributed by atoms with Gasteiger partial charge in [0.15, 0.2) is 0 Å². The number of aryl methyl sites for hydroxylation is 1. The standard InChI is InChI=1S/C14H10N2O4S/c1-7-6-8(2-3-9(7)16(19)20)14-15-12-10(17)4-5-11(18)13(12)21-14/h2-6,17-18H,1H3. The third kappa shape index (κ3) is 2.17. The normalized spacial score (nSPS) is 10.9. The van der Waals surface area contributed by atoms with Crippen LogP contribution in [0.3, 0.4) is 0 Å². The second kappa shape index (κ2) is 4.71. The Bertz CT molecular complexity index is 834. The van der Waals surface area contributed by atoms with Gasteiger partial charge in [-0.3, -0.25) is 10.1 Å². The zero-order chi connectivity index (χ0) is 15.1. The van der Waals surface area contributed by atoms with Crippen molar-refractivity contribution in [2.24, 2.45) is 0 Å². The van der Waals surface area contributed by atoms with E-state index >= 15 is 0 Å². The zero-order valence-electron chi connectivity index (χ0n) is 10.9. The molecule has 0 fully saturated rings. The third-order valence-electron chi connectivity index (χ3n) is 3.14. The molecule has 0 saturated carbocycles. The molecule has 6 nitrogen and oxygen atoms in total. The number of thiazole rings is 1. The average molecular weight is 302 g/mol. The molecule has 0 radical (unpaired) electrons. The molecule has 2 aromatic carbocycles. The molecule has 2 N–H and O–H groups in total. The van der Waals surface area contributed by atoms with Gasteiger partial charge in [0, 0.05) is 17.2 Å². The Morgan fingerprint density at radius 3 is 2.52 bits per heavy atom. The van der Waals surface area contributed by atoms with Gasteiger partial charge in [0.1, 0.15) is 26.7 Å². The Balaban J connectivity index is 2.17. The highest BCUT2D eigenvalue weighted by Crippen LogP contribution is 2.39. The highest BCUT2D eigenvalue weighted by atomic mass is 32.1. The molecular weight excluding hydrogens is 292 g/mol. The number of aromatic nitrogens is 1. The van der Waals surface area contributed by atoms with Crippen molar-refractivity contribution in [3.8, 4) is 22.1 Å². The quantitative estimate of drug-likeness (QED) is 0.428. The van der Waals surface area contributed by atoms with Crippen LogP contribution in [0.25, 0.3) is 20.8 Å². The molecule has 106 valence electrons. The van der Waals surface area contributed by atoms with Gasteiger partial charge < -0.3 is 10.2 Å². The molecule has 0 spiro atoms. The Labute approximate surface area is 123 Å². The minimum absolute atomic E-state index is 0.0102. The van der Waals surface area contributed by atoms with Crippen molar-refractivity contribution in [3.63, 3.8) is 0 Å². The summed E-state index contributed by atoms with van der Waals surface area (Å²) < 4.78 is 0.487. The van der Waals surface area contributed by atoms with E-state index in [0.717, 1.165) is 0 Å². The number of phenols is 2. The fraction of sp³-hybridized carbons (Fsp3) is 0.0714. The van der Waals surface area contributed by atoms with Gasteiger partial charge >= 0.3 is 0 Å². The van der Waals surface area contributed by atoms with E-state index in [4.69, 9.17) is 0 Å². The van der Waals surface area contributed by atoms with E-state index < -0.39 is 4.92 Å². The summed E-state index contributed by atoms with van der Waals surface area (Å²) in [6.07, 6.45) is 0.